The molecular weight excluding hydrogens is 635 g/mol. The minimum Gasteiger partial charge on any atom is -0.472 e. The molecule has 0 bridgehead atoms. The zero-order valence-corrected chi connectivity index (χ0v) is 25.1. The van der Waals surface area contributed by atoms with Gasteiger partial charge in [-0.05, 0) is 49.6 Å². The van der Waals surface area contributed by atoms with Crippen LogP contribution in [0, 0.1) is 18.6 Å². The van der Waals surface area contributed by atoms with E-state index in [0.717, 1.165) is 41.9 Å². The Hall–Kier alpha value is -4.21. The zero-order valence-electron chi connectivity index (χ0n) is 24.3. The summed E-state index contributed by atoms with van der Waals surface area (Å²) in [6, 6.07) is 5.67. The van der Waals surface area contributed by atoms with Crippen molar-refractivity contribution in [2.24, 2.45) is 0 Å². The standard InChI is InChI=1S/C30H26ClF5N8O2/c1-15-6-16-2-4-43(12-24(16)39-28(15)46-14-20-21(32)8-18(31)9-22(20)33)13-25-38-23-7-17(26-40-29(42-41-26)30(34,35)36)10-37-27(23)44(25)11-19-3-5-45-19/h6-10,19H,2-5,11-14H2,1H3,(H,40,41,42)/t19-/m0/s1. The first kappa shape index (κ1) is 30.4. The van der Waals surface area contributed by atoms with Crippen LogP contribution in [-0.4, -0.2) is 58.9 Å². The number of nitrogens with one attached hydrogen (secondary N) is 1. The van der Waals surface area contributed by atoms with E-state index < -0.39 is 23.6 Å². The van der Waals surface area contributed by atoms with Gasteiger partial charge in [0, 0.05) is 42.0 Å². The molecule has 0 amide bonds. The second-order valence-electron chi connectivity index (χ2n) is 11.3. The summed E-state index contributed by atoms with van der Waals surface area (Å²) in [5, 5.41) is 5.60. The molecule has 0 unspecified atom stereocenters. The second-order valence-corrected chi connectivity index (χ2v) is 11.7. The maximum absolute atomic E-state index is 14.3. The van der Waals surface area contributed by atoms with Crippen LogP contribution in [0.3, 0.4) is 0 Å². The van der Waals surface area contributed by atoms with Crippen LogP contribution in [0.5, 0.6) is 5.88 Å². The molecule has 1 saturated heterocycles. The van der Waals surface area contributed by atoms with E-state index in [4.69, 9.17) is 31.0 Å². The van der Waals surface area contributed by atoms with Gasteiger partial charge < -0.3 is 14.0 Å². The lowest BCUT2D eigenvalue weighted by Crippen LogP contribution is -2.34. The number of aromatic nitrogens is 7. The van der Waals surface area contributed by atoms with Gasteiger partial charge in [0.1, 0.15) is 29.6 Å². The molecule has 10 nitrogen and oxygen atoms in total. The van der Waals surface area contributed by atoms with Crippen molar-refractivity contribution in [3.05, 3.63) is 81.2 Å². The normalized spacial score (nSPS) is 16.9. The van der Waals surface area contributed by atoms with Gasteiger partial charge in [-0.1, -0.05) is 11.6 Å². The highest BCUT2D eigenvalue weighted by atomic mass is 35.5. The van der Waals surface area contributed by atoms with Crippen LogP contribution >= 0.6 is 11.6 Å². The molecule has 0 saturated carbocycles. The number of nitrogens with zero attached hydrogens (tertiary/aromatic N) is 7. The number of aryl methyl sites for hydroxylation is 1. The highest BCUT2D eigenvalue weighted by Gasteiger charge is 2.35. The van der Waals surface area contributed by atoms with Crippen molar-refractivity contribution in [3.8, 4) is 17.3 Å². The predicted molar refractivity (Wildman–Crippen MR) is 155 cm³/mol. The van der Waals surface area contributed by atoms with Gasteiger partial charge in [-0.15, -0.1) is 0 Å². The van der Waals surface area contributed by atoms with E-state index in [1.54, 1.807) is 6.07 Å². The number of hydrogen-bond acceptors (Lipinski definition) is 8. The average molecular weight is 661 g/mol. The van der Waals surface area contributed by atoms with Crippen molar-refractivity contribution in [3.63, 3.8) is 0 Å². The van der Waals surface area contributed by atoms with Crippen LogP contribution in [0.25, 0.3) is 22.6 Å². The molecule has 46 heavy (non-hydrogen) atoms. The highest BCUT2D eigenvalue weighted by molar-refractivity contribution is 6.30. The molecule has 7 rings (SSSR count). The average Bonchev–Trinajstić information content (AvgIpc) is 3.60. The second kappa shape index (κ2) is 11.9. The van der Waals surface area contributed by atoms with Crippen LogP contribution < -0.4 is 4.74 Å². The predicted octanol–water partition coefficient (Wildman–Crippen LogP) is 5.80. The number of fused-ring (bicyclic) bond motifs is 2. The topological polar surface area (TPSA) is 107 Å². The number of alkyl halides is 3. The minimum absolute atomic E-state index is 0.00159. The molecule has 6 heterocycles. The lowest BCUT2D eigenvalue weighted by molar-refractivity contribution is -0.144. The van der Waals surface area contributed by atoms with Crippen LogP contribution in [0.15, 0.2) is 30.5 Å². The van der Waals surface area contributed by atoms with Gasteiger partial charge in [0.25, 0.3) is 0 Å². The Morgan fingerprint density at radius 2 is 1.89 bits per heavy atom. The van der Waals surface area contributed by atoms with E-state index >= 15 is 0 Å². The Labute approximate surface area is 263 Å². The van der Waals surface area contributed by atoms with Crippen molar-refractivity contribution in [1.29, 1.82) is 0 Å². The molecule has 240 valence electrons. The van der Waals surface area contributed by atoms with Crippen LogP contribution in [-0.2, 0) is 43.6 Å². The van der Waals surface area contributed by atoms with E-state index in [0.29, 0.717) is 55.2 Å². The summed E-state index contributed by atoms with van der Waals surface area (Å²) in [5.74, 6) is -1.93. The first-order chi connectivity index (χ1) is 22.0. The molecule has 2 aliphatic heterocycles. The Morgan fingerprint density at radius 3 is 2.59 bits per heavy atom. The summed E-state index contributed by atoms with van der Waals surface area (Å²) in [4.78, 5) is 19.8. The molecular formula is C30H26ClF5N8O2. The fraction of sp³-hybridized carbons (Fsp3) is 0.367. The molecule has 4 aromatic heterocycles. The monoisotopic (exact) mass is 660 g/mol. The summed E-state index contributed by atoms with van der Waals surface area (Å²) >= 11 is 5.74. The van der Waals surface area contributed by atoms with Gasteiger partial charge in [-0.25, -0.2) is 28.7 Å². The molecule has 0 aliphatic carbocycles. The van der Waals surface area contributed by atoms with Gasteiger partial charge in [0.2, 0.25) is 11.7 Å². The van der Waals surface area contributed by atoms with Gasteiger partial charge in [-0.2, -0.15) is 18.3 Å². The van der Waals surface area contributed by atoms with Crippen molar-refractivity contribution >= 4 is 22.8 Å². The maximum Gasteiger partial charge on any atom is 0.451 e. The largest absolute Gasteiger partial charge is 0.472 e. The number of ether oxygens (including phenoxy) is 2. The lowest BCUT2D eigenvalue weighted by atomic mass is 10.0. The third-order valence-corrected chi connectivity index (χ3v) is 8.30. The van der Waals surface area contributed by atoms with Crippen LogP contribution in [0.2, 0.25) is 5.02 Å². The molecule has 1 N–H and O–H groups in total. The summed E-state index contributed by atoms with van der Waals surface area (Å²) in [7, 11) is 0. The van der Waals surface area contributed by atoms with Crippen LogP contribution in [0.1, 0.15) is 40.5 Å². The first-order valence-electron chi connectivity index (χ1n) is 14.5. The molecule has 5 aromatic rings. The Morgan fingerprint density at radius 1 is 1.11 bits per heavy atom. The number of aromatic amines is 1. The van der Waals surface area contributed by atoms with Crippen molar-refractivity contribution < 1.29 is 31.4 Å². The fourth-order valence-electron chi connectivity index (χ4n) is 5.59. The van der Waals surface area contributed by atoms with E-state index in [-0.39, 0.29) is 35.0 Å². The summed E-state index contributed by atoms with van der Waals surface area (Å²) in [6.45, 7) is 4.30. The van der Waals surface area contributed by atoms with Gasteiger partial charge in [-0.3, -0.25) is 10.00 Å². The Balaban J connectivity index is 1.13. The van der Waals surface area contributed by atoms with Gasteiger partial charge in [0.05, 0.1) is 30.5 Å². The Bertz CT molecular complexity index is 1920. The summed E-state index contributed by atoms with van der Waals surface area (Å²) in [5.41, 5.74) is 3.71. The highest BCUT2D eigenvalue weighted by Crippen LogP contribution is 2.30. The summed E-state index contributed by atoms with van der Waals surface area (Å²) in [6.07, 6.45) is -1.61. The molecule has 2 aliphatic rings. The molecule has 0 radical (unpaired) electrons. The molecule has 1 aromatic carbocycles. The number of rotatable bonds is 8. The molecule has 1 fully saturated rings. The fourth-order valence-corrected chi connectivity index (χ4v) is 5.78. The number of halogens is 6. The van der Waals surface area contributed by atoms with Crippen LogP contribution in [0.4, 0.5) is 22.0 Å². The van der Waals surface area contributed by atoms with Crippen molar-refractivity contribution in [2.45, 2.75) is 58.3 Å². The number of imidazole rings is 1. The maximum atomic E-state index is 14.3. The van der Waals surface area contributed by atoms with Crippen molar-refractivity contribution in [1.82, 2.24) is 39.6 Å². The van der Waals surface area contributed by atoms with E-state index in [1.807, 2.05) is 22.7 Å². The van der Waals surface area contributed by atoms with E-state index in [9.17, 15) is 22.0 Å². The zero-order chi connectivity index (χ0) is 32.2. The minimum atomic E-state index is -4.65. The molecule has 0 spiro atoms. The smallest absolute Gasteiger partial charge is 0.451 e. The lowest BCUT2D eigenvalue weighted by Gasteiger charge is -2.30. The Kier molecular flexibility index (Phi) is 7.85. The summed E-state index contributed by atoms with van der Waals surface area (Å²) < 4.78 is 81.3. The van der Waals surface area contributed by atoms with Crippen molar-refractivity contribution in [2.75, 3.05) is 13.2 Å². The van der Waals surface area contributed by atoms with E-state index in [1.165, 1.54) is 6.20 Å². The van der Waals surface area contributed by atoms with Gasteiger partial charge in [0.15, 0.2) is 11.5 Å². The van der Waals surface area contributed by atoms with E-state index in [2.05, 4.69) is 20.0 Å². The SMILES string of the molecule is Cc1cc2c(nc1OCc1c(F)cc(Cl)cc1F)CN(Cc1nc3cc(-c4n[nH]c(C(F)(F)F)n4)cnc3n1C[C@@H]1CCO1)CC2. The third kappa shape index (κ3) is 6.01. The number of pyridine rings is 2. The van der Waals surface area contributed by atoms with Gasteiger partial charge >= 0.3 is 6.18 Å². The molecule has 16 heteroatoms. The number of hydrogen-bond donors (Lipinski definition) is 1. The first-order valence-corrected chi connectivity index (χ1v) is 14.8. The quantitative estimate of drug-likeness (QED) is 0.208. The number of H-pyrrole nitrogens is 1. The molecule has 1 atom stereocenters. The third-order valence-electron chi connectivity index (χ3n) is 8.09. The number of benzene rings is 1.